The van der Waals surface area contributed by atoms with Crippen molar-refractivity contribution in [3.63, 3.8) is 0 Å². The first-order chi connectivity index (χ1) is 9.47. The lowest BCUT2D eigenvalue weighted by Crippen LogP contribution is -2.08. The molecule has 1 atom stereocenters. The third kappa shape index (κ3) is 2.58. The molecule has 0 aliphatic heterocycles. The van der Waals surface area contributed by atoms with Gasteiger partial charge in [0.1, 0.15) is 17.7 Å². The average molecular weight is 339 g/mol. The van der Waals surface area contributed by atoms with Crippen molar-refractivity contribution in [3.8, 4) is 5.75 Å². The smallest absolute Gasteiger partial charge is 0.129 e. The molecule has 0 saturated heterocycles. The summed E-state index contributed by atoms with van der Waals surface area (Å²) in [5.41, 5.74) is 2.55. The van der Waals surface area contributed by atoms with E-state index >= 15 is 0 Å². The predicted octanol–water partition coefficient (Wildman–Crippen LogP) is 4.30. The molecule has 2 nitrogen and oxygen atoms in total. The van der Waals surface area contributed by atoms with Crippen molar-refractivity contribution >= 4 is 15.9 Å². The van der Waals surface area contributed by atoms with Gasteiger partial charge in [-0.25, -0.2) is 4.39 Å². The predicted molar refractivity (Wildman–Crippen MR) is 80.6 cm³/mol. The van der Waals surface area contributed by atoms with Crippen molar-refractivity contribution in [1.82, 2.24) is 0 Å². The van der Waals surface area contributed by atoms with Gasteiger partial charge >= 0.3 is 0 Å². The van der Waals surface area contributed by atoms with Crippen molar-refractivity contribution in [2.24, 2.45) is 0 Å². The van der Waals surface area contributed by atoms with Crippen LogP contribution in [0.5, 0.6) is 5.75 Å². The molecular formula is C16H16BrFO2. The number of methoxy groups -OCH3 is 1. The zero-order chi connectivity index (χ0) is 14.9. The molecule has 0 aliphatic carbocycles. The second-order valence-corrected chi connectivity index (χ2v) is 5.53. The zero-order valence-corrected chi connectivity index (χ0v) is 13.2. The Hall–Kier alpha value is -1.39. The fourth-order valence-corrected chi connectivity index (χ4v) is 2.88. The third-order valence-corrected chi connectivity index (χ3v) is 4.21. The van der Waals surface area contributed by atoms with Gasteiger partial charge in [0.2, 0.25) is 0 Å². The van der Waals surface area contributed by atoms with Crippen LogP contribution in [0.1, 0.15) is 28.4 Å². The van der Waals surface area contributed by atoms with Crippen molar-refractivity contribution in [1.29, 1.82) is 0 Å². The van der Waals surface area contributed by atoms with E-state index in [9.17, 15) is 9.50 Å². The Kier molecular flexibility index (Phi) is 4.45. The van der Waals surface area contributed by atoms with Gasteiger partial charge in [-0.2, -0.15) is 0 Å². The molecule has 0 heterocycles. The lowest BCUT2D eigenvalue weighted by molar-refractivity contribution is 0.208. The number of aliphatic hydroxyl groups excluding tert-OH is 1. The largest absolute Gasteiger partial charge is 0.496 e. The Labute approximate surface area is 126 Å². The molecule has 1 N–H and O–H groups in total. The summed E-state index contributed by atoms with van der Waals surface area (Å²) in [5.74, 6) is 0.153. The number of rotatable bonds is 3. The van der Waals surface area contributed by atoms with Gasteiger partial charge in [-0.3, -0.25) is 0 Å². The monoisotopic (exact) mass is 338 g/mol. The van der Waals surface area contributed by atoms with E-state index in [1.165, 1.54) is 6.07 Å². The highest BCUT2D eigenvalue weighted by atomic mass is 79.9. The quantitative estimate of drug-likeness (QED) is 0.904. The normalized spacial score (nSPS) is 12.3. The molecule has 0 fully saturated rings. The van der Waals surface area contributed by atoms with Gasteiger partial charge in [0, 0.05) is 15.6 Å². The molecule has 2 aromatic rings. The maximum atomic E-state index is 13.9. The number of aliphatic hydroxyl groups is 1. The zero-order valence-electron chi connectivity index (χ0n) is 11.6. The summed E-state index contributed by atoms with van der Waals surface area (Å²) >= 11 is 3.46. The van der Waals surface area contributed by atoms with Crippen LogP contribution in [-0.2, 0) is 0 Å². The molecule has 0 aromatic heterocycles. The molecule has 0 aliphatic rings. The van der Waals surface area contributed by atoms with E-state index in [1.807, 2.05) is 19.9 Å². The van der Waals surface area contributed by atoms with Gasteiger partial charge in [-0.15, -0.1) is 0 Å². The minimum absolute atomic E-state index is 0.242. The van der Waals surface area contributed by atoms with Crippen molar-refractivity contribution in [2.45, 2.75) is 20.0 Å². The summed E-state index contributed by atoms with van der Waals surface area (Å²) in [6, 6.07) is 8.14. The Morgan fingerprint density at radius 3 is 2.50 bits per heavy atom. The summed E-state index contributed by atoms with van der Waals surface area (Å²) in [6.07, 6.45) is -1.07. The minimum Gasteiger partial charge on any atom is -0.496 e. The Morgan fingerprint density at radius 2 is 1.90 bits per heavy atom. The second-order valence-electron chi connectivity index (χ2n) is 4.67. The molecule has 1 unspecified atom stereocenters. The van der Waals surface area contributed by atoms with E-state index in [4.69, 9.17) is 4.74 Å². The molecule has 0 saturated carbocycles. The molecule has 4 heteroatoms. The minimum atomic E-state index is -1.07. The van der Waals surface area contributed by atoms with E-state index in [1.54, 1.807) is 25.3 Å². The van der Waals surface area contributed by atoms with Crippen LogP contribution in [0.3, 0.4) is 0 Å². The van der Waals surface area contributed by atoms with Crippen LogP contribution >= 0.6 is 15.9 Å². The summed E-state index contributed by atoms with van der Waals surface area (Å²) in [7, 11) is 1.55. The van der Waals surface area contributed by atoms with Gasteiger partial charge in [-0.1, -0.05) is 34.1 Å². The Bertz CT molecular complexity index is 641. The van der Waals surface area contributed by atoms with Crippen LogP contribution in [0.15, 0.2) is 34.8 Å². The molecule has 20 heavy (non-hydrogen) atoms. The fourth-order valence-electron chi connectivity index (χ4n) is 2.33. The van der Waals surface area contributed by atoms with E-state index in [0.29, 0.717) is 11.3 Å². The number of benzene rings is 2. The molecular weight excluding hydrogens is 323 g/mol. The van der Waals surface area contributed by atoms with Gasteiger partial charge in [0.15, 0.2) is 0 Å². The first kappa shape index (κ1) is 15.0. The fraction of sp³-hybridized carbons (Fsp3) is 0.250. The van der Waals surface area contributed by atoms with Gasteiger partial charge in [0.25, 0.3) is 0 Å². The van der Waals surface area contributed by atoms with Gasteiger partial charge in [0.05, 0.1) is 7.11 Å². The lowest BCUT2D eigenvalue weighted by atomic mass is 9.94. The Morgan fingerprint density at radius 1 is 1.25 bits per heavy atom. The van der Waals surface area contributed by atoms with E-state index in [-0.39, 0.29) is 5.56 Å². The number of halogens is 2. The first-order valence-corrected chi connectivity index (χ1v) is 7.02. The van der Waals surface area contributed by atoms with E-state index < -0.39 is 11.9 Å². The molecule has 0 spiro atoms. The van der Waals surface area contributed by atoms with Crippen molar-refractivity contribution in [3.05, 3.63) is 62.9 Å². The Balaban J connectivity index is 2.66. The average Bonchev–Trinajstić information content (AvgIpc) is 2.42. The van der Waals surface area contributed by atoms with Crippen LogP contribution < -0.4 is 4.74 Å². The topological polar surface area (TPSA) is 29.5 Å². The number of ether oxygens (including phenoxy) is 1. The number of aryl methyl sites for hydroxylation is 1. The van der Waals surface area contributed by atoms with Crippen LogP contribution in [0, 0.1) is 19.7 Å². The third-order valence-electron chi connectivity index (χ3n) is 3.39. The van der Waals surface area contributed by atoms with Gasteiger partial charge < -0.3 is 9.84 Å². The van der Waals surface area contributed by atoms with Crippen LogP contribution in [-0.4, -0.2) is 12.2 Å². The maximum absolute atomic E-state index is 13.9. The highest BCUT2D eigenvalue weighted by Gasteiger charge is 2.23. The number of hydrogen-bond acceptors (Lipinski definition) is 2. The lowest BCUT2D eigenvalue weighted by Gasteiger charge is -2.21. The standard InChI is InChI=1S/C16H16BrFO2/c1-9-8-12(17)10(2)14(16(9)20-3)15(19)11-6-4-5-7-13(11)18/h4-8,15,19H,1-3H3. The maximum Gasteiger partial charge on any atom is 0.129 e. The summed E-state index contributed by atoms with van der Waals surface area (Å²) in [6.45, 7) is 3.76. The molecule has 106 valence electrons. The molecule has 2 aromatic carbocycles. The van der Waals surface area contributed by atoms with Crippen LogP contribution in [0.25, 0.3) is 0 Å². The summed E-state index contributed by atoms with van der Waals surface area (Å²) < 4.78 is 20.1. The van der Waals surface area contributed by atoms with Crippen LogP contribution in [0.4, 0.5) is 4.39 Å². The molecule has 0 amide bonds. The SMILES string of the molecule is COc1c(C)cc(Br)c(C)c1C(O)c1ccccc1F. The van der Waals surface area contributed by atoms with E-state index in [2.05, 4.69) is 15.9 Å². The molecule has 2 rings (SSSR count). The van der Waals surface area contributed by atoms with Crippen molar-refractivity contribution < 1.29 is 14.2 Å². The second kappa shape index (κ2) is 5.94. The molecule has 0 radical (unpaired) electrons. The molecule has 0 bridgehead atoms. The van der Waals surface area contributed by atoms with E-state index in [0.717, 1.165) is 15.6 Å². The summed E-state index contributed by atoms with van der Waals surface area (Å²) in [5, 5.41) is 10.6. The van der Waals surface area contributed by atoms with Crippen molar-refractivity contribution in [2.75, 3.05) is 7.11 Å². The van der Waals surface area contributed by atoms with Crippen LogP contribution in [0.2, 0.25) is 0 Å². The first-order valence-electron chi connectivity index (χ1n) is 6.23. The highest BCUT2D eigenvalue weighted by Crippen LogP contribution is 2.39. The highest BCUT2D eigenvalue weighted by molar-refractivity contribution is 9.10. The number of hydrogen-bond donors (Lipinski definition) is 1. The van der Waals surface area contributed by atoms with Gasteiger partial charge in [-0.05, 0) is 37.1 Å². The summed E-state index contributed by atoms with van der Waals surface area (Å²) in [4.78, 5) is 0.